The molecule has 0 bridgehead atoms. The van der Waals surface area contributed by atoms with Gasteiger partial charge in [0.25, 0.3) is 0 Å². The van der Waals surface area contributed by atoms with Gasteiger partial charge in [0, 0.05) is 28.6 Å². The molecule has 0 aliphatic rings. The molecule has 4 aromatic rings. The van der Waals surface area contributed by atoms with E-state index in [-0.39, 0.29) is 5.82 Å². The van der Waals surface area contributed by atoms with Crippen LogP contribution in [-0.2, 0) is 0 Å². The van der Waals surface area contributed by atoms with E-state index in [2.05, 4.69) is 4.98 Å². The fraction of sp³-hybridized carbons (Fsp3) is 0. The van der Waals surface area contributed by atoms with Gasteiger partial charge in [-0.3, -0.25) is 4.98 Å². The van der Waals surface area contributed by atoms with E-state index >= 15 is 0 Å². The summed E-state index contributed by atoms with van der Waals surface area (Å²) in [7, 11) is 0. The standard InChI is InChI=1S/C19H10F3N/c20-12-8-11(9-13(21)10-12)19-17-5-4-16-14(2-1-3-18(16)22)15(17)6-7-23-19/h1-10H. The fourth-order valence-electron chi connectivity index (χ4n) is 2.91. The highest BCUT2D eigenvalue weighted by atomic mass is 19.1. The molecule has 0 N–H and O–H groups in total. The van der Waals surface area contributed by atoms with Gasteiger partial charge in [0.15, 0.2) is 0 Å². The molecule has 0 atom stereocenters. The molecular formula is C19H10F3N. The highest BCUT2D eigenvalue weighted by molar-refractivity contribution is 6.11. The monoisotopic (exact) mass is 309 g/mol. The van der Waals surface area contributed by atoms with Crippen molar-refractivity contribution in [2.45, 2.75) is 0 Å². The Morgan fingerprint density at radius 2 is 1.35 bits per heavy atom. The molecular weight excluding hydrogens is 299 g/mol. The summed E-state index contributed by atoms with van der Waals surface area (Å²) in [6.45, 7) is 0. The minimum atomic E-state index is -0.661. The second-order valence-electron chi connectivity index (χ2n) is 5.31. The SMILES string of the molecule is Fc1cc(F)cc(-c2nccc3c2ccc2c(F)cccc23)c1. The molecule has 4 rings (SSSR count). The summed E-state index contributed by atoms with van der Waals surface area (Å²) in [5.74, 6) is -1.63. The maximum atomic E-state index is 13.9. The van der Waals surface area contributed by atoms with Crippen molar-refractivity contribution in [1.29, 1.82) is 0 Å². The van der Waals surface area contributed by atoms with Gasteiger partial charge >= 0.3 is 0 Å². The highest BCUT2D eigenvalue weighted by Gasteiger charge is 2.11. The Hall–Kier alpha value is -2.88. The van der Waals surface area contributed by atoms with Crippen LogP contribution in [0, 0.1) is 17.5 Å². The van der Waals surface area contributed by atoms with Gasteiger partial charge in [-0.25, -0.2) is 13.2 Å². The van der Waals surface area contributed by atoms with E-state index in [9.17, 15) is 13.2 Å². The zero-order valence-corrected chi connectivity index (χ0v) is 11.9. The fourth-order valence-corrected chi connectivity index (χ4v) is 2.91. The van der Waals surface area contributed by atoms with Gasteiger partial charge in [0.05, 0.1) is 5.69 Å². The van der Waals surface area contributed by atoms with Crippen molar-refractivity contribution in [3.8, 4) is 11.3 Å². The minimum absolute atomic E-state index is 0.306. The Labute approximate surface area is 130 Å². The Morgan fingerprint density at radius 1 is 0.652 bits per heavy atom. The zero-order chi connectivity index (χ0) is 16.0. The smallest absolute Gasteiger partial charge is 0.131 e. The van der Waals surface area contributed by atoms with E-state index in [1.54, 1.807) is 30.5 Å². The van der Waals surface area contributed by atoms with Gasteiger partial charge < -0.3 is 0 Å². The molecule has 0 aliphatic carbocycles. The van der Waals surface area contributed by atoms with Gasteiger partial charge in [-0.15, -0.1) is 0 Å². The maximum absolute atomic E-state index is 13.9. The second kappa shape index (κ2) is 5.09. The van der Waals surface area contributed by atoms with E-state index in [0.29, 0.717) is 16.6 Å². The number of nitrogens with zero attached hydrogens (tertiary/aromatic N) is 1. The number of hydrogen-bond donors (Lipinski definition) is 0. The summed E-state index contributed by atoms with van der Waals surface area (Å²) in [6.07, 6.45) is 1.56. The molecule has 0 amide bonds. The van der Waals surface area contributed by atoms with Gasteiger partial charge in [-0.1, -0.05) is 24.3 Å². The Kier molecular flexibility index (Phi) is 3.05. The van der Waals surface area contributed by atoms with Crippen molar-refractivity contribution in [2.24, 2.45) is 0 Å². The number of hydrogen-bond acceptors (Lipinski definition) is 1. The Bertz CT molecular complexity index is 1040. The Balaban J connectivity index is 2.09. The van der Waals surface area contributed by atoms with Gasteiger partial charge in [-0.2, -0.15) is 0 Å². The highest BCUT2D eigenvalue weighted by Crippen LogP contribution is 2.32. The van der Waals surface area contributed by atoms with Crippen molar-refractivity contribution in [1.82, 2.24) is 4.98 Å². The third kappa shape index (κ3) is 2.23. The van der Waals surface area contributed by atoms with Gasteiger partial charge in [0.1, 0.15) is 17.5 Å². The average Bonchev–Trinajstić information content (AvgIpc) is 2.53. The summed E-state index contributed by atoms with van der Waals surface area (Å²) in [5.41, 5.74) is 0.816. The molecule has 0 spiro atoms. The van der Waals surface area contributed by atoms with Crippen LogP contribution in [0.5, 0.6) is 0 Å². The number of pyridine rings is 1. The van der Waals surface area contributed by atoms with Crippen LogP contribution >= 0.6 is 0 Å². The van der Waals surface area contributed by atoms with Crippen LogP contribution in [0.4, 0.5) is 13.2 Å². The van der Waals surface area contributed by atoms with Crippen molar-refractivity contribution in [3.05, 3.63) is 78.2 Å². The number of halogens is 3. The van der Waals surface area contributed by atoms with E-state index in [4.69, 9.17) is 0 Å². The van der Waals surface area contributed by atoms with E-state index in [1.807, 2.05) is 6.07 Å². The van der Waals surface area contributed by atoms with Crippen LogP contribution in [0.2, 0.25) is 0 Å². The normalized spacial score (nSPS) is 11.3. The average molecular weight is 309 g/mol. The van der Waals surface area contributed by atoms with Gasteiger partial charge in [-0.05, 0) is 35.0 Å². The molecule has 1 aromatic heterocycles. The summed E-state index contributed by atoms with van der Waals surface area (Å²) in [5, 5.41) is 2.75. The number of rotatable bonds is 1. The first kappa shape index (κ1) is 13.8. The van der Waals surface area contributed by atoms with Crippen molar-refractivity contribution in [2.75, 3.05) is 0 Å². The molecule has 112 valence electrons. The molecule has 1 heterocycles. The lowest BCUT2D eigenvalue weighted by Crippen LogP contribution is -1.90. The topological polar surface area (TPSA) is 12.9 Å². The lowest BCUT2D eigenvalue weighted by atomic mass is 9.98. The minimum Gasteiger partial charge on any atom is -0.256 e. The molecule has 4 heteroatoms. The first-order valence-electron chi connectivity index (χ1n) is 7.06. The van der Waals surface area contributed by atoms with E-state index < -0.39 is 11.6 Å². The lowest BCUT2D eigenvalue weighted by Gasteiger charge is -2.09. The third-order valence-electron chi connectivity index (χ3n) is 3.89. The van der Waals surface area contributed by atoms with E-state index in [0.717, 1.165) is 22.2 Å². The molecule has 0 fully saturated rings. The number of aromatic nitrogens is 1. The molecule has 3 aromatic carbocycles. The third-order valence-corrected chi connectivity index (χ3v) is 3.89. The first-order chi connectivity index (χ1) is 11.1. The van der Waals surface area contributed by atoms with E-state index in [1.165, 1.54) is 18.2 Å². The summed E-state index contributed by atoms with van der Waals surface area (Å²) < 4.78 is 40.9. The summed E-state index contributed by atoms with van der Waals surface area (Å²) >= 11 is 0. The van der Waals surface area contributed by atoms with Crippen LogP contribution < -0.4 is 0 Å². The zero-order valence-electron chi connectivity index (χ0n) is 11.9. The van der Waals surface area contributed by atoms with Crippen molar-refractivity contribution < 1.29 is 13.2 Å². The molecule has 1 nitrogen and oxygen atoms in total. The van der Waals surface area contributed by atoms with Crippen LogP contribution in [0.3, 0.4) is 0 Å². The van der Waals surface area contributed by atoms with Crippen LogP contribution in [0.25, 0.3) is 32.8 Å². The second-order valence-corrected chi connectivity index (χ2v) is 5.31. The molecule has 0 unspecified atom stereocenters. The Morgan fingerprint density at radius 3 is 2.13 bits per heavy atom. The lowest BCUT2D eigenvalue weighted by molar-refractivity contribution is 0.584. The molecule has 0 saturated heterocycles. The summed E-state index contributed by atoms with van der Waals surface area (Å²) in [4.78, 5) is 4.26. The molecule has 0 radical (unpaired) electrons. The predicted molar refractivity (Wildman–Crippen MR) is 84.6 cm³/mol. The molecule has 0 saturated carbocycles. The van der Waals surface area contributed by atoms with Crippen molar-refractivity contribution >= 4 is 21.5 Å². The first-order valence-corrected chi connectivity index (χ1v) is 7.06. The van der Waals surface area contributed by atoms with Gasteiger partial charge in [0.2, 0.25) is 0 Å². The maximum Gasteiger partial charge on any atom is 0.131 e. The van der Waals surface area contributed by atoms with Crippen molar-refractivity contribution in [3.63, 3.8) is 0 Å². The predicted octanol–water partition coefficient (Wildman–Crippen LogP) is 5.47. The van der Waals surface area contributed by atoms with Crippen LogP contribution in [0.15, 0.2) is 60.8 Å². The van der Waals surface area contributed by atoms with Crippen LogP contribution in [-0.4, -0.2) is 4.98 Å². The largest absolute Gasteiger partial charge is 0.256 e. The number of benzene rings is 3. The quantitative estimate of drug-likeness (QED) is 0.425. The summed E-state index contributed by atoms with van der Waals surface area (Å²) in [6, 6.07) is 13.3. The van der Waals surface area contributed by atoms with Crippen LogP contribution in [0.1, 0.15) is 0 Å². The molecule has 23 heavy (non-hydrogen) atoms. The number of fused-ring (bicyclic) bond motifs is 3. The molecule has 0 aliphatic heterocycles.